The predicted octanol–water partition coefficient (Wildman–Crippen LogP) is 1.33. The molecule has 0 heterocycles. The maximum atomic E-state index is 10.7. The average Bonchev–Trinajstić information content (AvgIpc) is 2.16. The van der Waals surface area contributed by atoms with Crippen molar-refractivity contribution in [3.8, 4) is 5.75 Å². The van der Waals surface area contributed by atoms with Gasteiger partial charge in [0.25, 0.3) is 0 Å². The van der Waals surface area contributed by atoms with Gasteiger partial charge in [0.1, 0.15) is 11.8 Å². The molecule has 76 valence electrons. The Morgan fingerprint density at radius 2 is 2.00 bits per heavy atom. The van der Waals surface area contributed by atoms with Gasteiger partial charge in [0.05, 0.1) is 0 Å². The van der Waals surface area contributed by atoms with Crippen LogP contribution in [-0.2, 0) is 11.2 Å². The molecular formula is C9H10INO3. The summed E-state index contributed by atoms with van der Waals surface area (Å²) in [5.74, 6) is -0.699. The first-order valence-corrected chi connectivity index (χ1v) is 5.08. The molecule has 0 radical (unpaired) electrons. The molecule has 1 aromatic rings. The normalized spacial score (nSPS) is 12.4. The molecule has 0 saturated heterocycles. The van der Waals surface area contributed by atoms with Crippen molar-refractivity contribution in [3.05, 3.63) is 29.8 Å². The van der Waals surface area contributed by atoms with E-state index in [1.54, 1.807) is 24.3 Å². The third kappa shape index (κ3) is 3.15. The van der Waals surface area contributed by atoms with Crippen LogP contribution in [0.5, 0.6) is 5.75 Å². The number of carbonyl (C=O) groups is 1. The lowest BCUT2D eigenvalue weighted by Crippen LogP contribution is -2.32. The molecule has 3 N–H and O–H groups in total. The van der Waals surface area contributed by atoms with E-state index < -0.39 is 12.0 Å². The molecule has 4 nitrogen and oxygen atoms in total. The molecule has 0 aromatic heterocycles. The number of halogens is 1. The third-order valence-corrected chi connectivity index (χ3v) is 2.56. The van der Waals surface area contributed by atoms with Crippen molar-refractivity contribution in [3.63, 3.8) is 0 Å². The molecule has 1 atom stereocenters. The van der Waals surface area contributed by atoms with Gasteiger partial charge in [0.15, 0.2) is 0 Å². The fourth-order valence-electron chi connectivity index (χ4n) is 1.04. The van der Waals surface area contributed by atoms with Crippen LogP contribution in [0.25, 0.3) is 0 Å². The van der Waals surface area contributed by atoms with Gasteiger partial charge in [0, 0.05) is 22.9 Å². The maximum absolute atomic E-state index is 10.7. The minimum atomic E-state index is -0.882. The Morgan fingerprint density at radius 3 is 2.43 bits per heavy atom. The zero-order valence-corrected chi connectivity index (χ0v) is 9.43. The van der Waals surface area contributed by atoms with Crippen molar-refractivity contribution < 1.29 is 15.0 Å². The summed E-state index contributed by atoms with van der Waals surface area (Å²) in [6, 6.07) is 5.90. The second-order valence-corrected chi connectivity index (χ2v) is 3.49. The maximum Gasteiger partial charge on any atom is 0.321 e. The summed E-state index contributed by atoms with van der Waals surface area (Å²) >= 11 is 1.82. The molecule has 0 unspecified atom stereocenters. The Kier molecular flexibility index (Phi) is 4.15. The van der Waals surface area contributed by atoms with E-state index in [1.807, 2.05) is 22.9 Å². The molecule has 1 rings (SSSR count). The topological polar surface area (TPSA) is 69.6 Å². The minimum Gasteiger partial charge on any atom is -0.508 e. The van der Waals surface area contributed by atoms with E-state index in [1.165, 1.54) is 0 Å². The monoisotopic (exact) mass is 307 g/mol. The van der Waals surface area contributed by atoms with E-state index in [2.05, 4.69) is 3.53 Å². The Morgan fingerprint density at radius 1 is 1.43 bits per heavy atom. The van der Waals surface area contributed by atoms with Crippen molar-refractivity contribution in [2.45, 2.75) is 12.5 Å². The van der Waals surface area contributed by atoms with Gasteiger partial charge in [-0.05, 0) is 24.1 Å². The van der Waals surface area contributed by atoms with E-state index in [-0.39, 0.29) is 5.75 Å². The summed E-state index contributed by atoms with van der Waals surface area (Å²) in [6.07, 6.45) is 0.401. The number of phenolic OH excluding ortho intramolecular Hbond substituents is 1. The minimum absolute atomic E-state index is 0.183. The standard InChI is InChI=1S/C9H10INO3/c10-11-8(9(13)14)5-6-1-3-7(12)4-2-6/h1-4,8,11-12H,5H2,(H,13,14)/t8-/m1/s1. The van der Waals surface area contributed by atoms with Crippen LogP contribution < -0.4 is 3.53 Å². The number of phenols is 1. The molecule has 0 bridgehead atoms. The smallest absolute Gasteiger partial charge is 0.321 e. The molecule has 0 spiro atoms. The highest BCUT2D eigenvalue weighted by Gasteiger charge is 2.15. The van der Waals surface area contributed by atoms with Gasteiger partial charge < -0.3 is 10.2 Å². The van der Waals surface area contributed by atoms with E-state index in [0.717, 1.165) is 5.56 Å². The van der Waals surface area contributed by atoms with E-state index in [4.69, 9.17) is 10.2 Å². The first kappa shape index (κ1) is 11.3. The van der Waals surface area contributed by atoms with E-state index in [0.29, 0.717) is 6.42 Å². The second kappa shape index (κ2) is 5.16. The van der Waals surface area contributed by atoms with Gasteiger partial charge in [0.2, 0.25) is 0 Å². The number of aliphatic carboxylic acids is 1. The van der Waals surface area contributed by atoms with Crippen LogP contribution in [0.1, 0.15) is 5.56 Å². The molecular weight excluding hydrogens is 297 g/mol. The summed E-state index contributed by atoms with van der Waals surface area (Å²) < 4.78 is 2.67. The number of hydrogen-bond acceptors (Lipinski definition) is 3. The van der Waals surface area contributed by atoms with Crippen LogP contribution in [0.15, 0.2) is 24.3 Å². The predicted molar refractivity (Wildman–Crippen MR) is 60.4 cm³/mol. The molecule has 0 aliphatic carbocycles. The fraction of sp³-hybridized carbons (Fsp3) is 0.222. The highest BCUT2D eigenvalue weighted by molar-refractivity contribution is 14.1. The number of rotatable bonds is 4. The van der Waals surface area contributed by atoms with Gasteiger partial charge in [-0.1, -0.05) is 12.1 Å². The molecule has 0 amide bonds. The van der Waals surface area contributed by atoms with Crippen LogP contribution in [0.3, 0.4) is 0 Å². The number of carboxylic acid groups (broad SMARTS) is 1. The molecule has 0 fully saturated rings. The summed E-state index contributed by atoms with van der Waals surface area (Å²) in [6.45, 7) is 0. The summed E-state index contributed by atoms with van der Waals surface area (Å²) in [7, 11) is 0. The quantitative estimate of drug-likeness (QED) is 0.580. The van der Waals surface area contributed by atoms with Gasteiger partial charge in [-0.3, -0.25) is 4.79 Å². The van der Waals surface area contributed by atoms with Crippen LogP contribution in [0.2, 0.25) is 0 Å². The Hall–Kier alpha value is -0.820. The van der Waals surface area contributed by atoms with Crippen LogP contribution in [-0.4, -0.2) is 22.2 Å². The van der Waals surface area contributed by atoms with Crippen molar-refractivity contribution in [1.29, 1.82) is 0 Å². The highest BCUT2D eigenvalue weighted by Crippen LogP contribution is 2.11. The lowest BCUT2D eigenvalue weighted by atomic mass is 10.1. The largest absolute Gasteiger partial charge is 0.508 e. The zero-order chi connectivity index (χ0) is 10.6. The molecule has 0 saturated carbocycles. The highest BCUT2D eigenvalue weighted by atomic mass is 127. The van der Waals surface area contributed by atoms with E-state index >= 15 is 0 Å². The molecule has 14 heavy (non-hydrogen) atoms. The first-order valence-electron chi connectivity index (χ1n) is 4.00. The number of aromatic hydroxyl groups is 1. The summed E-state index contributed by atoms with van der Waals surface area (Å²) in [5.41, 5.74) is 0.874. The van der Waals surface area contributed by atoms with Crippen molar-refractivity contribution in [2.75, 3.05) is 0 Å². The van der Waals surface area contributed by atoms with Gasteiger partial charge in [-0.25, -0.2) is 3.53 Å². The number of carboxylic acids is 1. The van der Waals surface area contributed by atoms with Crippen LogP contribution >= 0.6 is 22.9 Å². The number of hydrogen-bond donors (Lipinski definition) is 3. The Bertz CT molecular complexity index is 312. The van der Waals surface area contributed by atoms with Crippen molar-refractivity contribution in [2.24, 2.45) is 0 Å². The number of benzene rings is 1. The molecule has 0 aliphatic rings. The van der Waals surface area contributed by atoms with Crippen LogP contribution in [0, 0.1) is 0 Å². The third-order valence-electron chi connectivity index (χ3n) is 1.81. The SMILES string of the molecule is O=C(O)[C@@H](Cc1ccc(O)cc1)NI. The number of nitrogens with one attached hydrogen (secondary N) is 1. The van der Waals surface area contributed by atoms with Crippen LogP contribution in [0.4, 0.5) is 0 Å². The van der Waals surface area contributed by atoms with E-state index in [9.17, 15) is 4.79 Å². The lowest BCUT2D eigenvalue weighted by molar-refractivity contribution is -0.138. The molecule has 1 aromatic carbocycles. The second-order valence-electron chi connectivity index (χ2n) is 2.87. The molecule has 0 aliphatic heterocycles. The average molecular weight is 307 g/mol. The first-order chi connectivity index (χ1) is 6.63. The fourth-order valence-corrected chi connectivity index (χ4v) is 1.53. The lowest BCUT2D eigenvalue weighted by Gasteiger charge is -2.09. The zero-order valence-electron chi connectivity index (χ0n) is 7.27. The van der Waals surface area contributed by atoms with Gasteiger partial charge in [-0.2, -0.15) is 0 Å². The Labute approximate surface area is 95.4 Å². The summed E-state index contributed by atoms with van der Waals surface area (Å²) in [5, 5.41) is 17.8. The van der Waals surface area contributed by atoms with Gasteiger partial charge >= 0.3 is 5.97 Å². The summed E-state index contributed by atoms with van der Waals surface area (Å²) in [4.78, 5) is 10.7. The van der Waals surface area contributed by atoms with Gasteiger partial charge in [-0.15, -0.1) is 0 Å². The van der Waals surface area contributed by atoms with Crippen molar-refractivity contribution in [1.82, 2.24) is 3.53 Å². The Balaban J connectivity index is 2.67. The molecule has 5 heteroatoms. The van der Waals surface area contributed by atoms with Crippen molar-refractivity contribution >= 4 is 28.8 Å².